The zero-order chi connectivity index (χ0) is 28.3. The number of aliphatic hydroxyl groups is 1. The second-order valence-electron chi connectivity index (χ2n) is 10.7. The van der Waals surface area contributed by atoms with E-state index < -0.39 is 41.6 Å². The molecule has 1 spiro atoms. The third-order valence-corrected chi connectivity index (χ3v) is 8.38. The molecule has 6 atom stereocenters. The van der Waals surface area contributed by atoms with Gasteiger partial charge in [0.05, 0.1) is 30.6 Å². The van der Waals surface area contributed by atoms with Crippen molar-refractivity contribution in [3.8, 4) is 0 Å². The normalized spacial score (nSPS) is 27.2. The van der Waals surface area contributed by atoms with Crippen LogP contribution in [0.1, 0.15) is 24.0 Å². The van der Waals surface area contributed by atoms with Crippen LogP contribution in [0.3, 0.4) is 0 Å². The lowest BCUT2D eigenvalue weighted by molar-refractivity contribution is -0.156. The Balaban J connectivity index is 1.55. The fourth-order valence-corrected chi connectivity index (χ4v) is 6.77. The summed E-state index contributed by atoms with van der Waals surface area (Å²) in [6.45, 7) is 7.73. The van der Waals surface area contributed by atoms with Crippen LogP contribution in [0.25, 0.3) is 0 Å². The molecule has 40 heavy (non-hydrogen) atoms. The van der Waals surface area contributed by atoms with Crippen molar-refractivity contribution < 1.29 is 29.0 Å². The van der Waals surface area contributed by atoms with E-state index in [9.17, 15) is 19.5 Å². The molecule has 0 saturated carbocycles. The number of carbonyl (C=O) groups excluding carboxylic acids is 3. The highest BCUT2D eigenvalue weighted by Gasteiger charge is 2.75. The van der Waals surface area contributed by atoms with Gasteiger partial charge in [-0.25, -0.2) is 0 Å². The highest BCUT2D eigenvalue weighted by Crippen LogP contribution is 2.59. The van der Waals surface area contributed by atoms with Crippen molar-refractivity contribution in [2.45, 2.75) is 49.6 Å². The number of rotatable bonds is 12. The maximum Gasteiger partial charge on any atom is 0.312 e. The van der Waals surface area contributed by atoms with E-state index in [0.717, 1.165) is 11.1 Å². The van der Waals surface area contributed by atoms with Gasteiger partial charge in [0, 0.05) is 13.1 Å². The third-order valence-electron chi connectivity index (χ3n) is 8.38. The van der Waals surface area contributed by atoms with Crippen molar-refractivity contribution >= 4 is 17.8 Å². The van der Waals surface area contributed by atoms with Crippen molar-refractivity contribution in [2.75, 3.05) is 19.8 Å². The average molecular weight is 545 g/mol. The zero-order valence-electron chi connectivity index (χ0n) is 22.6. The summed E-state index contributed by atoms with van der Waals surface area (Å²) in [5.74, 6) is -2.85. The van der Waals surface area contributed by atoms with Crippen molar-refractivity contribution in [3.63, 3.8) is 0 Å². The predicted octanol–water partition coefficient (Wildman–Crippen LogP) is 2.91. The Labute approximate surface area is 234 Å². The van der Waals surface area contributed by atoms with Crippen LogP contribution in [0.5, 0.6) is 0 Å². The summed E-state index contributed by atoms with van der Waals surface area (Å²) in [4.78, 5) is 45.2. The minimum atomic E-state index is -1.18. The van der Waals surface area contributed by atoms with Gasteiger partial charge in [-0.1, -0.05) is 79.4 Å². The maximum atomic E-state index is 14.5. The number of fused-ring (bicyclic) bond motifs is 1. The number of nitrogens with zero attached hydrogens (tertiary/aromatic N) is 2. The van der Waals surface area contributed by atoms with Crippen molar-refractivity contribution in [3.05, 3.63) is 97.1 Å². The van der Waals surface area contributed by atoms with Gasteiger partial charge in [0.25, 0.3) is 0 Å². The Kier molecular flexibility index (Phi) is 8.19. The van der Waals surface area contributed by atoms with E-state index in [1.165, 1.54) is 11.0 Å². The number of likely N-dealkylation sites (tertiary alicyclic amines) is 1. The monoisotopic (exact) mass is 544 g/mol. The lowest BCUT2D eigenvalue weighted by atomic mass is 9.70. The average Bonchev–Trinajstić information content (AvgIpc) is 3.62. The molecule has 2 bridgehead atoms. The molecule has 2 amide bonds. The van der Waals surface area contributed by atoms with E-state index in [2.05, 4.69) is 13.2 Å². The lowest BCUT2D eigenvalue weighted by Crippen LogP contribution is -2.59. The van der Waals surface area contributed by atoms with Gasteiger partial charge in [0.15, 0.2) is 0 Å². The second kappa shape index (κ2) is 11.8. The van der Waals surface area contributed by atoms with Gasteiger partial charge >= 0.3 is 5.97 Å². The van der Waals surface area contributed by atoms with Crippen LogP contribution in [0.15, 0.2) is 86.0 Å². The topological polar surface area (TPSA) is 96.4 Å². The highest BCUT2D eigenvalue weighted by atomic mass is 16.6. The SMILES string of the molecule is C=CCOC(=O)[C@@H]1[C@H]2C(=O)N([C@@H](CO)Cc3ccccc3)C(C(=O)N(CC=C)Cc3ccccc3)C23CC[C@H]1O3. The quantitative estimate of drug-likeness (QED) is 0.326. The second-order valence-corrected chi connectivity index (χ2v) is 10.7. The van der Waals surface area contributed by atoms with Crippen LogP contribution >= 0.6 is 0 Å². The molecule has 8 heteroatoms. The largest absolute Gasteiger partial charge is 0.461 e. The Hall–Kier alpha value is -3.75. The van der Waals surface area contributed by atoms with Crippen LogP contribution in [-0.4, -0.2) is 76.2 Å². The molecule has 8 nitrogen and oxygen atoms in total. The number of amides is 2. The minimum Gasteiger partial charge on any atom is -0.461 e. The summed E-state index contributed by atoms with van der Waals surface area (Å²) < 4.78 is 11.9. The number of ether oxygens (including phenoxy) is 2. The fourth-order valence-electron chi connectivity index (χ4n) is 6.77. The number of benzene rings is 2. The summed E-state index contributed by atoms with van der Waals surface area (Å²) in [6.07, 6.45) is 3.99. The first-order chi connectivity index (χ1) is 19.4. The Morgan fingerprint density at radius 3 is 2.40 bits per heavy atom. The molecule has 0 aliphatic carbocycles. The first kappa shape index (κ1) is 27.8. The van der Waals surface area contributed by atoms with Crippen LogP contribution in [0, 0.1) is 11.8 Å². The van der Waals surface area contributed by atoms with E-state index in [1.807, 2.05) is 60.7 Å². The molecule has 1 N–H and O–H groups in total. The van der Waals surface area contributed by atoms with Gasteiger partial charge in [-0.05, 0) is 30.4 Å². The van der Waals surface area contributed by atoms with Gasteiger partial charge in [0.1, 0.15) is 18.2 Å². The fraction of sp³-hybridized carbons (Fsp3) is 0.406. The molecule has 3 heterocycles. The van der Waals surface area contributed by atoms with Crippen molar-refractivity contribution in [2.24, 2.45) is 11.8 Å². The smallest absolute Gasteiger partial charge is 0.312 e. The molecule has 3 aliphatic heterocycles. The van der Waals surface area contributed by atoms with Crippen molar-refractivity contribution in [1.82, 2.24) is 9.80 Å². The van der Waals surface area contributed by atoms with Crippen molar-refractivity contribution in [1.29, 1.82) is 0 Å². The van der Waals surface area contributed by atoms with E-state index in [0.29, 0.717) is 25.8 Å². The molecule has 0 radical (unpaired) electrons. The molecule has 0 aromatic heterocycles. The number of hydrogen-bond donors (Lipinski definition) is 1. The summed E-state index contributed by atoms with van der Waals surface area (Å²) in [6, 6.07) is 17.5. The molecule has 3 aliphatic rings. The van der Waals surface area contributed by atoms with Gasteiger partial charge in [-0.2, -0.15) is 0 Å². The third kappa shape index (κ3) is 4.86. The van der Waals surface area contributed by atoms with E-state index >= 15 is 0 Å². The lowest BCUT2D eigenvalue weighted by Gasteiger charge is -2.39. The number of hydrogen-bond acceptors (Lipinski definition) is 6. The first-order valence-corrected chi connectivity index (χ1v) is 13.8. The molecule has 5 rings (SSSR count). The van der Waals surface area contributed by atoms with Gasteiger partial charge in [-0.3, -0.25) is 14.4 Å². The Morgan fingerprint density at radius 1 is 1.10 bits per heavy atom. The van der Waals surface area contributed by atoms with Gasteiger partial charge in [0.2, 0.25) is 11.8 Å². The maximum absolute atomic E-state index is 14.5. The Morgan fingerprint density at radius 2 is 1.77 bits per heavy atom. The van der Waals surface area contributed by atoms with E-state index in [-0.39, 0.29) is 31.6 Å². The predicted molar refractivity (Wildman–Crippen MR) is 149 cm³/mol. The Bertz CT molecular complexity index is 1250. The van der Waals surface area contributed by atoms with Crippen LogP contribution < -0.4 is 0 Å². The molecular formula is C32H36N2O6. The minimum absolute atomic E-state index is 0.0273. The summed E-state index contributed by atoms with van der Waals surface area (Å²) in [7, 11) is 0. The molecule has 210 valence electrons. The molecule has 3 saturated heterocycles. The van der Waals surface area contributed by atoms with Crippen LogP contribution in [0.4, 0.5) is 0 Å². The summed E-state index contributed by atoms with van der Waals surface area (Å²) in [5.41, 5.74) is 0.680. The summed E-state index contributed by atoms with van der Waals surface area (Å²) in [5, 5.41) is 10.6. The standard InChI is InChI=1S/C32H36N2O6/c1-3-17-33(20-23-13-9-6-10-14-23)30(37)28-32-16-15-25(40-32)26(31(38)39-18-4-2)27(32)29(36)34(28)24(21-35)19-22-11-7-5-8-12-22/h3-14,24-28,35H,1-2,15-21H2/t24-,25-,26+,27+,28?,32?/m1/s1. The number of carbonyl (C=O) groups is 3. The van der Waals surface area contributed by atoms with E-state index in [1.54, 1.807) is 11.0 Å². The molecular weight excluding hydrogens is 508 g/mol. The highest BCUT2D eigenvalue weighted by molar-refractivity contribution is 5.98. The molecule has 2 aromatic rings. The van der Waals surface area contributed by atoms with Crippen LogP contribution in [-0.2, 0) is 36.8 Å². The first-order valence-electron chi connectivity index (χ1n) is 13.8. The van der Waals surface area contributed by atoms with Gasteiger partial charge in [-0.15, -0.1) is 6.58 Å². The molecule has 2 aromatic carbocycles. The molecule has 3 fully saturated rings. The number of esters is 1. The van der Waals surface area contributed by atoms with E-state index in [4.69, 9.17) is 9.47 Å². The van der Waals surface area contributed by atoms with Gasteiger partial charge < -0.3 is 24.4 Å². The number of aliphatic hydroxyl groups excluding tert-OH is 1. The zero-order valence-corrected chi connectivity index (χ0v) is 22.6. The molecule has 2 unspecified atom stereocenters. The summed E-state index contributed by atoms with van der Waals surface area (Å²) >= 11 is 0. The van der Waals surface area contributed by atoms with Crippen LogP contribution in [0.2, 0.25) is 0 Å².